The van der Waals surface area contributed by atoms with Crippen molar-refractivity contribution in [3.63, 3.8) is 0 Å². The van der Waals surface area contributed by atoms with Crippen molar-refractivity contribution >= 4 is 27.8 Å². The van der Waals surface area contributed by atoms with Crippen LogP contribution in [0.1, 0.15) is 35.4 Å². The van der Waals surface area contributed by atoms with Gasteiger partial charge in [-0.3, -0.25) is 4.79 Å². The number of nitrogen functional groups attached to an aromatic ring is 1. The second-order valence-corrected chi connectivity index (χ2v) is 5.50. The van der Waals surface area contributed by atoms with Gasteiger partial charge in [0.15, 0.2) is 5.78 Å². The molecule has 4 heteroatoms. The standard InChI is InChI=1S/C11H14N2OS/c12-8-5-9(13-7-3-4-7)15-11(8)10(14)6-1-2-6/h5-7,13H,1-4,12H2. The second kappa shape index (κ2) is 3.23. The van der Waals surface area contributed by atoms with Crippen molar-refractivity contribution in [1.29, 1.82) is 0 Å². The zero-order chi connectivity index (χ0) is 10.4. The Morgan fingerprint density at radius 3 is 2.73 bits per heavy atom. The van der Waals surface area contributed by atoms with E-state index in [0.717, 1.165) is 22.7 Å². The molecule has 1 aromatic rings. The third-order valence-corrected chi connectivity index (χ3v) is 3.95. The minimum absolute atomic E-state index is 0.251. The summed E-state index contributed by atoms with van der Waals surface area (Å²) < 4.78 is 0. The van der Waals surface area contributed by atoms with E-state index in [-0.39, 0.29) is 11.7 Å². The van der Waals surface area contributed by atoms with E-state index in [1.807, 2.05) is 6.07 Å². The topological polar surface area (TPSA) is 55.1 Å². The number of ketones is 1. The molecule has 2 fully saturated rings. The van der Waals surface area contributed by atoms with Crippen LogP contribution in [0.5, 0.6) is 0 Å². The summed E-state index contributed by atoms with van der Waals surface area (Å²) in [5.74, 6) is 0.515. The van der Waals surface area contributed by atoms with Crippen LogP contribution in [-0.2, 0) is 0 Å². The van der Waals surface area contributed by atoms with Crippen LogP contribution in [0.3, 0.4) is 0 Å². The number of nitrogens with two attached hydrogens (primary N) is 1. The SMILES string of the molecule is Nc1cc(NC2CC2)sc1C(=O)C1CC1. The van der Waals surface area contributed by atoms with Gasteiger partial charge in [-0.1, -0.05) is 0 Å². The maximum Gasteiger partial charge on any atom is 0.178 e. The molecular formula is C11H14N2OS. The lowest BCUT2D eigenvalue weighted by molar-refractivity contribution is 0.0972. The highest BCUT2D eigenvalue weighted by atomic mass is 32.1. The van der Waals surface area contributed by atoms with E-state index in [1.165, 1.54) is 24.2 Å². The first-order valence-corrected chi connectivity index (χ1v) is 6.26. The molecule has 2 aliphatic carbocycles. The van der Waals surface area contributed by atoms with Crippen molar-refractivity contribution in [2.75, 3.05) is 11.1 Å². The lowest BCUT2D eigenvalue weighted by Gasteiger charge is -1.97. The summed E-state index contributed by atoms with van der Waals surface area (Å²) in [5, 5.41) is 4.43. The number of nitrogens with one attached hydrogen (secondary N) is 1. The van der Waals surface area contributed by atoms with Crippen LogP contribution in [0.4, 0.5) is 10.7 Å². The molecule has 0 amide bonds. The smallest absolute Gasteiger partial charge is 0.178 e. The summed E-state index contributed by atoms with van der Waals surface area (Å²) >= 11 is 1.52. The number of Topliss-reactive ketones (excluding diaryl/α,β-unsaturated/α-hetero) is 1. The normalized spacial score (nSPS) is 20.3. The molecule has 3 N–H and O–H groups in total. The first kappa shape index (κ1) is 9.21. The fourth-order valence-corrected chi connectivity index (χ4v) is 2.70. The van der Waals surface area contributed by atoms with Gasteiger partial charge in [-0.05, 0) is 31.7 Å². The van der Waals surface area contributed by atoms with E-state index in [1.54, 1.807) is 0 Å². The summed E-state index contributed by atoms with van der Waals surface area (Å²) in [4.78, 5) is 12.6. The van der Waals surface area contributed by atoms with Crippen LogP contribution in [0.2, 0.25) is 0 Å². The highest BCUT2D eigenvalue weighted by molar-refractivity contribution is 7.18. The Kier molecular flexibility index (Phi) is 1.99. The van der Waals surface area contributed by atoms with Crippen LogP contribution in [0, 0.1) is 5.92 Å². The van der Waals surface area contributed by atoms with Crippen LogP contribution >= 0.6 is 11.3 Å². The zero-order valence-electron chi connectivity index (χ0n) is 8.45. The monoisotopic (exact) mass is 222 g/mol. The number of hydrogen-bond acceptors (Lipinski definition) is 4. The first-order valence-electron chi connectivity index (χ1n) is 5.44. The molecule has 0 atom stereocenters. The quantitative estimate of drug-likeness (QED) is 0.769. The van der Waals surface area contributed by atoms with Crippen LogP contribution in [0.15, 0.2) is 6.07 Å². The average Bonchev–Trinajstić information content (AvgIpc) is 3.05. The third-order valence-electron chi connectivity index (χ3n) is 2.86. The molecule has 3 nitrogen and oxygen atoms in total. The van der Waals surface area contributed by atoms with Crippen LogP contribution in [0.25, 0.3) is 0 Å². The summed E-state index contributed by atoms with van der Waals surface area (Å²) in [7, 11) is 0. The number of rotatable bonds is 4. The van der Waals surface area contributed by atoms with E-state index >= 15 is 0 Å². The molecule has 1 aromatic heterocycles. The summed E-state index contributed by atoms with van der Waals surface area (Å²) in [6.07, 6.45) is 4.57. The van der Waals surface area contributed by atoms with Crippen molar-refractivity contribution in [3.8, 4) is 0 Å². The molecule has 3 rings (SSSR count). The van der Waals surface area contributed by atoms with E-state index < -0.39 is 0 Å². The lowest BCUT2D eigenvalue weighted by Crippen LogP contribution is -2.01. The highest BCUT2D eigenvalue weighted by Gasteiger charge is 2.33. The molecule has 1 heterocycles. The molecule has 0 aliphatic heterocycles. The number of thiophene rings is 1. The molecule has 0 saturated heterocycles. The van der Waals surface area contributed by atoms with Crippen LogP contribution < -0.4 is 11.1 Å². The van der Waals surface area contributed by atoms with Gasteiger partial charge in [-0.25, -0.2) is 0 Å². The molecule has 0 spiro atoms. The lowest BCUT2D eigenvalue weighted by atomic mass is 10.2. The van der Waals surface area contributed by atoms with Gasteiger partial charge < -0.3 is 11.1 Å². The molecule has 2 aliphatic rings. The van der Waals surface area contributed by atoms with Gasteiger partial charge in [0.2, 0.25) is 0 Å². The Labute approximate surface area is 92.7 Å². The maximum atomic E-state index is 11.8. The third kappa shape index (κ3) is 1.86. The average molecular weight is 222 g/mol. The minimum Gasteiger partial charge on any atom is -0.397 e. The van der Waals surface area contributed by atoms with Gasteiger partial charge in [-0.2, -0.15) is 0 Å². The molecule has 0 bridgehead atoms. The molecule has 0 unspecified atom stereocenters. The van der Waals surface area contributed by atoms with E-state index in [2.05, 4.69) is 5.32 Å². The van der Waals surface area contributed by atoms with Gasteiger partial charge >= 0.3 is 0 Å². The molecule has 80 valence electrons. The van der Waals surface area contributed by atoms with E-state index in [9.17, 15) is 4.79 Å². The Balaban J connectivity index is 1.80. The van der Waals surface area contributed by atoms with Gasteiger partial charge in [0, 0.05) is 12.0 Å². The second-order valence-electron chi connectivity index (χ2n) is 4.45. The summed E-state index contributed by atoms with van der Waals surface area (Å²) in [5.41, 5.74) is 6.51. The Morgan fingerprint density at radius 2 is 2.13 bits per heavy atom. The summed E-state index contributed by atoms with van der Waals surface area (Å²) in [6, 6.07) is 2.52. The van der Waals surface area contributed by atoms with Crippen LogP contribution in [-0.4, -0.2) is 11.8 Å². The van der Waals surface area contributed by atoms with Gasteiger partial charge in [0.05, 0.1) is 15.6 Å². The predicted molar refractivity (Wildman–Crippen MR) is 62.4 cm³/mol. The predicted octanol–water partition coefficient (Wildman–Crippen LogP) is 2.50. The van der Waals surface area contributed by atoms with Gasteiger partial charge in [0.25, 0.3) is 0 Å². The number of carbonyl (C=O) groups is 1. The molecular weight excluding hydrogens is 208 g/mol. The van der Waals surface area contributed by atoms with E-state index in [0.29, 0.717) is 11.7 Å². The molecule has 0 aromatic carbocycles. The Bertz CT molecular complexity index is 405. The highest BCUT2D eigenvalue weighted by Crippen LogP contribution is 2.39. The maximum absolute atomic E-state index is 11.8. The summed E-state index contributed by atoms with van der Waals surface area (Å²) in [6.45, 7) is 0. The Morgan fingerprint density at radius 1 is 1.40 bits per heavy atom. The van der Waals surface area contributed by atoms with Crippen molar-refractivity contribution in [3.05, 3.63) is 10.9 Å². The van der Waals surface area contributed by atoms with Gasteiger partial charge in [0.1, 0.15) is 0 Å². The zero-order valence-corrected chi connectivity index (χ0v) is 9.27. The Hall–Kier alpha value is -1.03. The van der Waals surface area contributed by atoms with Gasteiger partial charge in [-0.15, -0.1) is 11.3 Å². The number of anilines is 2. The van der Waals surface area contributed by atoms with Crippen molar-refractivity contribution in [2.45, 2.75) is 31.7 Å². The molecule has 15 heavy (non-hydrogen) atoms. The van der Waals surface area contributed by atoms with Crippen molar-refractivity contribution < 1.29 is 4.79 Å². The number of carbonyl (C=O) groups excluding carboxylic acids is 1. The van der Waals surface area contributed by atoms with E-state index in [4.69, 9.17) is 5.73 Å². The van der Waals surface area contributed by atoms with Crippen molar-refractivity contribution in [2.24, 2.45) is 5.92 Å². The molecule has 0 radical (unpaired) electrons. The first-order chi connectivity index (χ1) is 7.24. The fourth-order valence-electron chi connectivity index (χ4n) is 1.63. The van der Waals surface area contributed by atoms with Crippen molar-refractivity contribution in [1.82, 2.24) is 0 Å². The fraction of sp³-hybridized carbons (Fsp3) is 0.545. The molecule has 2 saturated carbocycles. The number of hydrogen-bond donors (Lipinski definition) is 2. The minimum atomic E-state index is 0.251. The largest absolute Gasteiger partial charge is 0.397 e.